The smallest absolute Gasteiger partial charge is 0.411 e. The van der Waals surface area contributed by atoms with E-state index in [0.717, 1.165) is 45.3 Å². The Labute approximate surface area is 317 Å². The molecule has 3 aromatic rings. The Morgan fingerprint density at radius 1 is 0.920 bits per heavy atom. The number of hydrogen-bond donors (Lipinski definition) is 1. The zero-order valence-corrected chi connectivity index (χ0v) is 32.1. The Morgan fingerprint density at radius 3 is 2.14 bits per heavy atom. The molecule has 1 aliphatic carbocycles. The van der Waals surface area contributed by atoms with Crippen LogP contribution in [-0.2, 0) is 16.1 Å². The summed E-state index contributed by atoms with van der Waals surface area (Å²) >= 11 is 22.0. The van der Waals surface area contributed by atoms with Gasteiger partial charge in [-0.25, -0.2) is 4.79 Å². The summed E-state index contributed by atoms with van der Waals surface area (Å²) in [6.07, 6.45) is 1.70. The van der Waals surface area contributed by atoms with Crippen LogP contribution in [0.3, 0.4) is 0 Å². The lowest BCUT2D eigenvalue weighted by atomic mass is 9.82. The Hall–Kier alpha value is -2.95. The number of nitrogens with zero attached hydrogens (tertiary/aromatic N) is 2. The molecule has 6 rings (SSSR count). The summed E-state index contributed by atoms with van der Waals surface area (Å²) in [6, 6.07) is 22.8. The first-order valence-corrected chi connectivity index (χ1v) is 18.7. The highest BCUT2D eigenvalue weighted by Gasteiger charge is 2.50. The summed E-state index contributed by atoms with van der Waals surface area (Å²) in [4.78, 5) is 32.5. The number of fused-ring (bicyclic) bond motifs is 2. The number of rotatable bonds is 11. The van der Waals surface area contributed by atoms with Crippen LogP contribution in [0.2, 0.25) is 0 Å². The van der Waals surface area contributed by atoms with Gasteiger partial charge in [0.2, 0.25) is 3.79 Å². The molecular weight excluding hydrogens is 765 g/mol. The van der Waals surface area contributed by atoms with Crippen molar-refractivity contribution in [3.63, 3.8) is 0 Å². The van der Waals surface area contributed by atoms with Gasteiger partial charge in [0, 0.05) is 35.7 Å². The number of halogens is 4. The molecule has 266 valence electrons. The second-order valence-electron chi connectivity index (χ2n) is 13.5. The zero-order chi connectivity index (χ0) is 35.6. The second kappa shape index (κ2) is 15.3. The molecule has 2 amide bonds. The van der Waals surface area contributed by atoms with Gasteiger partial charge in [-0.2, -0.15) is 0 Å². The minimum absolute atomic E-state index is 0.0817. The highest BCUT2D eigenvalue weighted by Crippen LogP contribution is 2.43. The minimum atomic E-state index is -1.85. The van der Waals surface area contributed by atoms with E-state index >= 15 is 0 Å². The number of piperazine rings is 1. The SMILES string of the molecule is Cc1ccccc1CN(C(=O)C1=C(c2ccc(OCCOc3ccc(Br)cc3)cc2)CC2CNC[C@H]1N2C(=O)OC(C)(C)C(Cl)(Cl)Cl)C1CC1. The Kier molecular flexibility index (Phi) is 11.3. The molecule has 3 aromatic carbocycles. The van der Waals surface area contributed by atoms with E-state index in [1.165, 1.54) is 0 Å². The molecule has 12 heteroatoms. The van der Waals surface area contributed by atoms with Gasteiger partial charge in [-0.3, -0.25) is 9.69 Å². The number of nitrogens with one attached hydrogen (secondary N) is 1. The quantitative estimate of drug-likeness (QED) is 0.155. The predicted octanol–water partition coefficient (Wildman–Crippen LogP) is 8.49. The Balaban J connectivity index is 1.29. The summed E-state index contributed by atoms with van der Waals surface area (Å²) in [5.74, 6) is 1.38. The van der Waals surface area contributed by atoms with Crippen LogP contribution in [-0.4, -0.2) is 75.6 Å². The van der Waals surface area contributed by atoms with E-state index in [-0.39, 0.29) is 18.0 Å². The van der Waals surface area contributed by atoms with Gasteiger partial charge in [-0.05, 0) is 98.7 Å². The summed E-state index contributed by atoms with van der Waals surface area (Å²) in [5.41, 5.74) is 3.21. The standard InChI is InChI=1S/C38H41BrCl3N3O5/c1-24-6-4-5-7-26(24)23-44(28-12-13-28)35(46)34-32(20-29-21-43-22-33(34)45(29)36(47)50-37(2,3)38(40,41)42)25-8-14-30(15-9-25)48-18-19-49-31-16-10-27(39)11-17-31/h4-11,14-17,28-29,33,43H,12-13,18-23H2,1-3H3/t29?,33-/m1/s1. The molecular formula is C38H41BrCl3N3O5. The number of amides is 2. The number of ether oxygens (including phenoxy) is 3. The van der Waals surface area contributed by atoms with E-state index in [4.69, 9.17) is 49.0 Å². The fourth-order valence-electron chi connectivity index (χ4n) is 6.43. The van der Waals surface area contributed by atoms with Crippen molar-refractivity contribution in [1.29, 1.82) is 0 Å². The van der Waals surface area contributed by atoms with Crippen molar-refractivity contribution >= 4 is 68.3 Å². The maximum Gasteiger partial charge on any atom is 0.411 e. The third-order valence-electron chi connectivity index (χ3n) is 9.50. The van der Waals surface area contributed by atoms with Crippen molar-refractivity contribution in [3.8, 4) is 11.5 Å². The van der Waals surface area contributed by atoms with Crippen molar-refractivity contribution in [3.05, 3.63) is 99.5 Å². The number of carbonyl (C=O) groups is 2. The molecule has 3 aliphatic rings. The number of aryl methyl sites for hydroxylation is 1. The monoisotopic (exact) mass is 803 g/mol. The van der Waals surface area contributed by atoms with Gasteiger partial charge in [-0.15, -0.1) is 0 Å². The number of carbonyl (C=O) groups excluding carboxylic acids is 2. The first-order valence-electron chi connectivity index (χ1n) is 16.8. The molecule has 50 heavy (non-hydrogen) atoms. The molecule has 2 bridgehead atoms. The van der Waals surface area contributed by atoms with Gasteiger partial charge in [0.05, 0.1) is 12.1 Å². The lowest BCUT2D eigenvalue weighted by molar-refractivity contribution is -0.129. The molecule has 0 spiro atoms. The maximum absolute atomic E-state index is 14.9. The summed E-state index contributed by atoms with van der Waals surface area (Å²) in [6.45, 7) is 7.35. The van der Waals surface area contributed by atoms with Crippen molar-refractivity contribution in [2.45, 2.75) is 74.1 Å². The third kappa shape index (κ3) is 8.39. The summed E-state index contributed by atoms with van der Waals surface area (Å²) < 4.78 is 16.8. The summed E-state index contributed by atoms with van der Waals surface area (Å²) in [5, 5.41) is 3.45. The van der Waals surface area contributed by atoms with Crippen LogP contribution in [0.1, 0.15) is 49.8 Å². The van der Waals surface area contributed by atoms with Gasteiger partial charge in [0.1, 0.15) is 24.7 Å². The lowest BCUT2D eigenvalue weighted by Gasteiger charge is -2.48. The zero-order valence-electron chi connectivity index (χ0n) is 28.3. The van der Waals surface area contributed by atoms with Crippen molar-refractivity contribution in [2.24, 2.45) is 0 Å². The molecule has 1 saturated heterocycles. The average Bonchev–Trinajstić information content (AvgIpc) is 3.91. The number of benzene rings is 3. The van der Waals surface area contributed by atoms with Gasteiger partial charge in [0.25, 0.3) is 5.91 Å². The molecule has 0 radical (unpaired) electrons. The van der Waals surface area contributed by atoms with Crippen LogP contribution in [0.15, 0.2) is 82.8 Å². The van der Waals surface area contributed by atoms with E-state index in [1.807, 2.05) is 65.6 Å². The fourth-order valence-corrected chi connectivity index (χ4v) is 6.81. The van der Waals surface area contributed by atoms with Gasteiger partial charge in [0.15, 0.2) is 5.60 Å². The highest BCUT2D eigenvalue weighted by molar-refractivity contribution is 9.10. The molecule has 1 saturated carbocycles. The fraction of sp³-hybridized carbons (Fsp3) is 0.421. The Morgan fingerprint density at radius 2 is 1.54 bits per heavy atom. The van der Waals surface area contributed by atoms with Crippen LogP contribution in [0.25, 0.3) is 5.57 Å². The molecule has 1 N–H and O–H groups in total. The molecule has 1 unspecified atom stereocenters. The first kappa shape index (κ1) is 36.8. The molecule has 8 nitrogen and oxygen atoms in total. The Bertz CT molecular complexity index is 1720. The van der Waals surface area contributed by atoms with E-state index in [1.54, 1.807) is 18.7 Å². The van der Waals surface area contributed by atoms with Crippen LogP contribution in [0, 0.1) is 6.92 Å². The van der Waals surface area contributed by atoms with E-state index < -0.39 is 21.5 Å². The second-order valence-corrected chi connectivity index (χ2v) is 16.7. The topological polar surface area (TPSA) is 80.3 Å². The van der Waals surface area contributed by atoms with Gasteiger partial charge >= 0.3 is 6.09 Å². The molecule has 2 fully saturated rings. The molecule has 0 aromatic heterocycles. The predicted molar refractivity (Wildman–Crippen MR) is 201 cm³/mol. The van der Waals surface area contributed by atoms with Crippen LogP contribution in [0.5, 0.6) is 11.5 Å². The number of hydrogen-bond acceptors (Lipinski definition) is 6. The van der Waals surface area contributed by atoms with Crippen molar-refractivity contribution in [1.82, 2.24) is 15.1 Å². The first-order chi connectivity index (χ1) is 23.8. The largest absolute Gasteiger partial charge is 0.490 e. The highest BCUT2D eigenvalue weighted by atomic mass is 79.9. The molecule has 2 atom stereocenters. The molecule has 2 heterocycles. The van der Waals surface area contributed by atoms with Crippen LogP contribution >= 0.6 is 50.7 Å². The van der Waals surface area contributed by atoms with Gasteiger partial charge in [-0.1, -0.05) is 87.1 Å². The van der Waals surface area contributed by atoms with E-state index in [9.17, 15) is 9.59 Å². The number of alkyl halides is 3. The normalized spacial score (nSPS) is 19.2. The van der Waals surface area contributed by atoms with Crippen LogP contribution < -0.4 is 14.8 Å². The molecule has 2 aliphatic heterocycles. The average molecular weight is 806 g/mol. The minimum Gasteiger partial charge on any atom is -0.490 e. The van der Waals surface area contributed by atoms with Crippen LogP contribution in [0.4, 0.5) is 4.79 Å². The van der Waals surface area contributed by atoms with Crippen molar-refractivity contribution < 1.29 is 23.8 Å². The van der Waals surface area contributed by atoms with Gasteiger partial charge < -0.3 is 24.4 Å². The van der Waals surface area contributed by atoms with Crippen molar-refractivity contribution in [2.75, 3.05) is 26.3 Å². The lowest BCUT2D eigenvalue weighted by Crippen LogP contribution is -2.64. The van der Waals surface area contributed by atoms with E-state index in [0.29, 0.717) is 50.6 Å². The third-order valence-corrected chi connectivity index (χ3v) is 11.4. The summed E-state index contributed by atoms with van der Waals surface area (Å²) in [7, 11) is 0. The maximum atomic E-state index is 14.9. The van der Waals surface area contributed by atoms with E-state index in [2.05, 4.69) is 40.3 Å².